The fourth-order valence-electron chi connectivity index (χ4n) is 0.789. The lowest BCUT2D eigenvalue weighted by molar-refractivity contribution is -0.143. The van der Waals surface area contributed by atoms with E-state index >= 15 is 0 Å². The molecule has 0 spiro atoms. The van der Waals surface area contributed by atoms with Crippen molar-refractivity contribution in [3.8, 4) is 0 Å². The van der Waals surface area contributed by atoms with Crippen LogP contribution in [0.25, 0.3) is 0 Å². The molecule has 2 atom stereocenters. The quantitative estimate of drug-likeness (QED) is 0.497. The van der Waals surface area contributed by atoms with Crippen LogP contribution >= 0.6 is 0 Å². The highest BCUT2D eigenvalue weighted by Crippen LogP contribution is 2.09. The van der Waals surface area contributed by atoms with Crippen molar-refractivity contribution in [1.82, 2.24) is 0 Å². The van der Waals surface area contributed by atoms with Crippen LogP contribution in [0.2, 0.25) is 0 Å². The third-order valence-electron chi connectivity index (χ3n) is 1.50. The summed E-state index contributed by atoms with van der Waals surface area (Å²) in [7, 11) is 0. The Bertz CT molecular complexity index is 262. The molecular weight excluding hydrogens is 202 g/mol. The smallest absolute Gasteiger partial charge is 0.332 e. The highest BCUT2D eigenvalue weighted by Gasteiger charge is 2.27. The lowest BCUT2D eigenvalue weighted by atomic mass is 10.1. The Kier molecular flexibility index (Phi) is 5.14. The molecule has 0 heterocycles. The van der Waals surface area contributed by atoms with Crippen LogP contribution in [0.15, 0.2) is 4.99 Å². The van der Waals surface area contributed by atoms with Gasteiger partial charge >= 0.3 is 5.97 Å². The van der Waals surface area contributed by atoms with Crippen molar-refractivity contribution in [2.24, 2.45) is 4.99 Å². The number of ether oxygens (including phenoxy) is 1. The zero-order chi connectivity index (χ0) is 12.1. The number of carboxylic acids is 1. The second kappa shape index (κ2) is 5.60. The molecule has 86 valence electrons. The molecule has 0 amide bonds. The Morgan fingerprint density at radius 1 is 1.53 bits per heavy atom. The summed E-state index contributed by atoms with van der Waals surface area (Å²) in [5.41, 5.74) is -0.491. The van der Waals surface area contributed by atoms with Crippen LogP contribution in [0.3, 0.4) is 0 Å². The first-order chi connectivity index (χ1) is 6.78. The third-order valence-corrected chi connectivity index (χ3v) is 1.50. The van der Waals surface area contributed by atoms with Gasteiger partial charge in [-0.05, 0) is 20.8 Å². The number of aliphatic imine (C=N–C) groups is 1. The first-order valence-electron chi connectivity index (χ1n) is 4.39. The van der Waals surface area contributed by atoms with Gasteiger partial charge in [-0.3, -0.25) is 0 Å². The maximum atomic E-state index is 10.6. The fraction of sp³-hybridized carbons (Fsp3) is 0.778. The average molecular weight is 217 g/mol. The molecule has 0 aliphatic carbocycles. The van der Waals surface area contributed by atoms with Crippen LogP contribution in [-0.4, -0.2) is 46.6 Å². The zero-order valence-electron chi connectivity index (χ0n) is 8.93. The van der Waals surface area contributed by atoms with Crippen molar-refractivity contribution in [3.63, 3.8) is 0 Å². The lowest BCUT2D eigenvalue weighted by Crippen LogP contribution is -2.38. The molecular formula is C9H15NO5. The summed E-state index contributed by atoms with van der Waals surface area (Å²) in [6.45, 7) is 5.08. The van der Waals surface area contributed by atoms with Crippen LogP contribution in [-0.2, 0) is 14.3 Å². The second-order valence-electron chi connectivity index (χ2n) is 3.99. The normalized spacial score (nSPS) is 15.2. The van der Waals surface area contributed by atoms with Gasteiger partial charge in [0.2, 0.25) is 6.08 Å². The van der Waals surface area contributed by atoms with E-state index in [2.05, 4.69) is 4.99 Å². The van der Waals surface area contributed by atoms with Gasteiger partial charge in [0.15, 0.2) is 6.04 Å². The SMILES string of the molecule is CC(C)(C)OCC(O)C(N=C=O)C(=O)O. The summed E-state index contributed by atoms with van der Waals surface area (Å²) in [4.78, 5) is 23.5. The fourth-order valence-corrected chi connectivity index (χ4v) is 0.789. The summed E-state index contributed by atoms with van der Waals surface area (Å²) in [5.74, 6) is -1.39. The van der Waals surface area contributed by atoms with Gasteiger partial charge in [-0.25, -0.2) is 9.59 Å². The average Bonchev–Trinajstić information content (AvgIpc) is 2.08. The van der Waals surface area contributed by atoms with Crippen LogP contribution < -0.4 is 0 Å². The minimum atomic E-state index is -1.52. The van der Waals surface area contributed by atoms with Crippen LogP contribution in [0.4, 0.5) is 0 Å². The molecule has 0 rings (SSSR count). The molecule has 0 radical (unpaired) electrons. The summed E-state index contributed by atoms with van der Waals surface area (Å²) < 4.78 is 5.17. The van der Waals surface area contributed by atoms with Gasteiger partial charge in [0, 0.05) is 0 Å². The molecule has 0 aromatic heterocycles. The van der Waals surface area contributed by atoms with E-state index in [0.717, 1.165) is 6.08 Å². The molecule has 0 bridgehead atoms. The maximum Gasteiger partial charge on any atom is 0.332 e. The molecule has 0 aliphatic rings. The van der Waals surface area contributed by atoms with E-state index in [9.17, 15) is 14.7 Å². The molecule has 0 aromatic carbocycles. The van der Waals surface area contributed by atoms with Crippen molar-refractivity contribution in [2.45, 2.75) is 38.5 Å². The van der Waals surface area contributed by atoms with E-state index in [4.69, 9.17) is 9.84 Å². The number of hydrogen-bond acceptors (Lipinski definition) is 5. The summed E-state index contributed by atoms with van der Waals surface area (Å²) in [6, 6.07) is -1.52. The van der Waals surface area contributed by atoms with Crippen molar-refractivity contribution in [1.29, 1.82) is 0 Å². The highest BCUT2D eigenvalue weighted by molar-refractivity contribution is 5.75. The summed E-state index contributed by atoms with van der Waals surface area (Å²) in [5, 5.41) is 18.0. The standard InChI is InChI=1S/C9H15NO5/c1-9(2,3)15-4-6(12)7(8(13)14)10-5-11/h6-7,12H,4H2,1-3H3,(H,13,14). The van der Waals surface area contributed by atoms with E-state index < -0.39 is 23.7 Å². The first kappa shape index (κ1) is 13.8. The monoisotopic (exact) mass is 217 g/mol. The Labute approximate surface area is 87.6 Å². The molecule has 0 fully saturated rings. The molecule has 0 saturated carbocycles. The second-order valence-corrected chi connectivity index (χ2v) is 3.99. The number of hydrogen-bond donors (Lipinski definition) is 2. The maximum absolute atomic E-state index is 10.6. The van der Waals surface area contributed by atoms with E-state index in [-0.39, 0.29) is 6.61 Å². The highest BCUT2D eigenvalue weighted by atomic mass is 16.5. The first-order valence-corrected chi connectivity index (χ1v) is 4.39. The summed E-state index contributed by atoms with van der Waals surface area (Å²) >= 11 is 0. The molecule has 0 aromatic rings. The number of isocyanates is 1. The van der Waals surface area contributed by atoms with Gasteiger partial charge in [0.05, 0.1) is 12.2 Å². The molecule has 0 aliphatic heterocycles. The number of rotatable bonds is 5. The van der Waals surface area contributed by atoms with Crippen molar-refractivity contribution < 1.29 is 24.5 Å². The molecule has 6 heteroatoms. The number of carbonyl (C=O) groups is 1. The van der Waals surface area contributed by atoms with Crippen molar-refractivity contribution >= 4 is 12.0 Å². The predicted octanol–water partition coefficient (Wildman–Crippen LogP) is -0.0486. The Balaban J connectivity index is 4.33. The third kappa shape index (κ3) is 5.96. The van der Waals surface area contributed by atoms with Gasteiger partial charge < -0.3 is 14.9 Å². The van der Waals surface area contributed by atoms with Crippen LogP contribution in [0.1, 0.15) is 20.8 Å². The molecule has 15 heavy (non-hydrogen) atoms. The van der Waals surface area contributed by atoms with E-state index in [1.54, 1.807) is 20.8 Å². The number of carboxylic acid groups (broad SMARTS) is 1. The van der Waals surface area contributed by atoms with Gasteiger partial charge in [-0.2, -0.15) is 4.99 Å². The molecule has 2 N–H and O–H groups in total. The van der Waals surface area contributed by atoms with Crippen molar-refractivity contribution in [2.75, 3.05) is 6.61 Å². The van der Waals surface area contributed by atoms with Gasteiger partial charge in [-0.15, -0.1) is 0 Å². The number of aliphatic hydroxyl groups is 1. The summed E-state index contributed by atoms with van der Waals surface area (Å²) in [6.07, 6.45) is -0.252. The van der Waals surface area contributed by atoms with Crippen LogP contribution in [0.5, 0.6) is 0 Å². The zero-order valence-corrected chi connectivity index (χ0v) is 8.93. The number of nitrogens with zero attached hydrogens (tertiary/aromatic N) is 1. The Morgan fingerprint density at radius 3 is 2.40 bits per heavy atom. The molecule has 6 nitrogen and oxygen atoms in total. The number of carbonyl (C=O) groups excluding carboxylic acids is 1. The van der Waals surface area contributed by atoms with E-state index in [1.807, 2.05) is 0 Å². The van der Waals surface area contributed by atoms with E-state index in [1.165, 1.54) is 0 Å². The lowest BCUT2D eigenvalue weighted by Gasteiger charge is -2.22. The Morgan fingerprint density at radius 2 is 2.07 bits per heavy atom. The van der Waals surface area contributed by atoms with Crippen LogP contribution in [0, 0.1) is 0 Å². The largest absolute Gasteiger partial charge is 0.480 e. The van der Waals surface area contributed by atoms with E-state index in [0.29, 0.717) is 0 Å². The number of aliphatic carboxylic acids is 1. The minimum absolute atomic E-state index is 0.203. The Hall–Kier alpha value is -1.23. The van der Waals surface area contributed by atoms with Gasteiger partial charge in [-0.1, -0.05) is 0 Å². The number of aliphatic hydroxyl groups excluding tert-OH is 1. The molecule has 0 saturated heterocycles. The van der Waals surface area contributed by atoms with Gasteiger partial charge in [0.1, 0.15) is 6.10 Å². The van der Waals surface area contributed by atoms with Gasteiger partial charge in [0.25, 0.3) is 0 Å². The predicted molar refractivity (Wildman–Crippen MR) is 51.3 cm³/mol. The molecule has 2 unspecified atom stereocenters. The topological polar surface area (TPSA) is 96.2 Å². The van der Waals surface area contributed by atoms with Crippen molar-refractivity contribution in [3.05, 3.63) is 0 Å². The minimum Gasteiger partial charge on any atom is -0.480 e.